The molecule has 118 valence electrons. The second-order valence-corrected chi connectivity index (χ2v) is 5.02. The van der Waals surface area contributed by atoms with Crippen molar-refractivity contribution in [3.8, 4) is 5.75 Å². The smallest absolute Gasteiger partial charge is 0.419 e. The topological polar surface area (TPSA) is 30.5 Å². The van der Waals surface area contributed by atoms with Crippen LogP contribution in [0.25, 0.3) is 0 Å². The highest BCUT2D eigenvalue weighted by Crippen LogP contribution is 2.33. The van der Waals surface area contributed by atoms with Crippen LogP contribution in [0.3, 0.4) is 0 Å². The Balaban J connectivity index is 2.04. The Bertz CT molecular complexity index is 475. The first kappa shape index (κ1) is 16.0. The molecule has 1 aromatic rings. The van der Waals surface area contributed by atoms with Crippen molar-refractivity contribution in [2.75, 3.05) is 20.3 Å². The minimum absolute atomic E-state index is 0.0247. The quantitative estimate of drug-likeness (QED) is 0.786. The Kier molecular flexibility index (Phi) is 5.05. The molecule has 1 aliphatic rings. The lowest BCUT2D eigenvalue weighted by molar-refractivity contribution is -0.140. The molecule has 2 rings (SSSR count). The minimum atomic E-state index is -4.74. The zero-order chi connectivity index (χ0) is 15.5. The number of rotatable bonds is 7. The SMILES string of the molecule is COCC(CNC1CC1)Oc1ccc(F)c(C(F)(F)F)c1. The predicted octanol–water partition coefficient (Wildman–Crippen LogP) is 2.99. The molecule has 0 heterocycles. The fourth-order valence-corrected chi connectivity index (χ4v) is 1.89. The average Bonchev–Trinajstić information content (AvgIpc) is 3.21. The third-order valence-electron chi connectivity index (χ3n) is 3.11. The standard InChI is InChI=1S/C14H17F4NO2/c1-20-8-11(7-19-9-2-3-9)21-10-4-5-13(15)12(6-10)14(16,17)18/h4-6,9,11,19H,2-3,7-8H2,1H3. The summed E-state index contributed by atoms with van der Waals surface area (Å²) in [4.78, 5) is 0. The molecule has 0 aliphatic heterocycles. The lowest BCUT2D eigenvalue weighted by atomic mass is 10.2. The van der Waals surface area contributed by atoms with Crippen LogP contribution in [0.5, 0.6) is 5.75 Å². The van der Waals surface area contributed by atoms with Crippen LogP contribution in [-0.2, 0) is 10.9 Å². The van der Waals surface area contributed by atoms with E-state index >= 15 is 0 Å². The van der Waals surface area contributed by atoms with Crippen molar-refractivity contribution in [3.05, 3.63) is 29.6 Å². The third kappa shape index (κ3) is 4.86. The van der Waals surface area contributed by atoms with E-state index in [9.17, 15) is 17.6 Å². The molecular formula is C14H17F4NO2. The van der Waals surface area contributed by atoms with Gasteiger partial charge in [0.2, 0.25) is 0 Å². The second-order valence-electron chi connectivity index (χ2n) is 5.02. The highest BCUT2D eigenvalue weighted by atomic mass is 19.4. The third-order valence-corrected chi connectivity index (χ3v) is 3.11. The normalized spacial score (nSPS) is 16.8. The first-order chi connectivity index (χ1) is 9.90. The van der Waals surface area contributed by atoms with Gasteiger partial charge in [0, 0.05) is 19.7 Å². The summed E-state index contributed by atoms with van der Waals surface area (Å²) in [7, 11) is 1.49. The van der Waals surface area contributed by atoms with Crippen LogP contribution in [0.15, 0.2) is 18.2 Å². The van der Waals surface area contributed by atoms with Gasteiger partial charge in [-0.1, -0.05) is 0 Å². The first-order valence-corrected chi connectivity index (χ1v) is 6.66. The molecule has 0 bridgehead atoms. The van der Waals surface area contributed by atoms with E-state index in [1.807, 2.05) is 0 Å². The number of alkyl halides is 3. The zero-order valence-electron chi connectivity index (χ0n) is 11.5. The monoisotopic (exact) mass is 307 g/mol. The summed E-state index contributed by atoms with van der Waals surface area (Å²) in [6.45, 7) is 0.704. The minimum Gasteiger partial charge on any atom is -0.487 e. The second kappa shape index (κ2) is 6.62. The predicted molar refractivity (Wildman–Crippen MR) is 68.7 cm³/mol. The summed E-state index contributed by atoms with van der Waals surface area (Å²) < 4.78 is 61.6. The Morgan fingerprint density at radius 2 is 2.05 bits per heavy atom. The van der Waals surface area contributed by atoms with E-state index < -0.39 is 23.7 Å². The van der Waals surface area contributed by atoms with Crippen LogP contribution in [-0.4, -0.2) is 32.4 Å². The molecule has 1 fully saturated rings. The summed E-state index contributed by atoms with van der Waals surface area (Å²) in [6, 6.07) is 3.07. The van der Waals surface area contributed by atoms with Crippen molar-refractivity contribution in [1.29, 1.82) is 0 Å². The summed E-state index contributed by atoms with van der Waals surface area (Å²) in [5.74, 6) is -1.34. The molecular weight excluding hydrogens is 290 g/mol. The lowest BCUT2D eigenvalue weighted by Gasteiger charge is -2.20. The van der Waals surface area contributed by atoms with Gasteiger partial charge in [-0.2, -0.15) is 13.2 Å². The number of ether oxygens (including phenoxy) is 2. The number of hydrogen-bond donors (Lipinski definition) is 1. The fraction of sp³-hybridized carbons (Fsp3) is 0.571. The van der Waals surface area contributed by atoms with Crippen LogP contribution in [0.1, 0.15) is 18.4 Å². The summed E-state index contributed by atoms with van der Waals surface area (Å²) in [5.41, 5.74) is -1.33. The highest BCUT2D eigenvalue weighted by molar-refractivity contribution is 5.31. The molecule has 1 saturated carbocycles. The molecule has 0 spiro atoms. The Labute approximate surface area is 120 Å². The number of benzene rings is 1. The molecule has 1 N–H and O–H groups in total. The van der Waals surface area contributed by atoms with E-state index in [4.69, 9.17) is 9.47 Å². The molecule has 1 aromatic carbocycles. The molecule has 7 heteroatoms. The number of nitrogens with one attached hydrogen (secondary N) is 1. The van der Waals surface area contributed by atoms with Gasteiger partial charge in [-0.05, 0) is 31.0 Å². The van der Waals surface area contributed by atoms with Gasteiger partial charge >= 0.3 is 6.18 Å². The molecule has 1 unspecified atom stereocenters. The van der Waals surface area contributed by atoms with E-state index in [0.717, 1.165) is 18.9 Å². The van der Waals surface area contributed by atoms with E-state index in [1.165, 1.54) is 13.2 Å². The Hall–Kier alpha value is -1.34. The molecule has 0 radical (unpaired) electrons. The van der Waals surface area contributed by atoms with Gasteiger partial charge in [-0.25, -0.2) is 4.39 Å². The first-order valence-electron chi connectivity index (χ1n) is 6.66. The molecule has 0 saturated heterocycles. The van der Waals surface area contributed by atoms with Crippen molar-refractivity contribution in [3.63, 3.8) is 0 Å². The van der Waals surface area contributed by atoms with Gasteiger partial charge in [0.15, 0.2) is 0 Å². The summed E-state index contributed by atoms with van der Waals surface area (Å²) in [6.07, 6.45) is -2.99. The van der Waals surface area contributed by atoms with Crippen LogP contribution in [0.4, 0.5) is 17.6 Å². The van der Waals surface area contributed by atoms with E-state index in [-0.39, 0.29) is 12.4 Å². The average molecular weight is 307 g/mol. The van der Waals surface area contributed by atoms with Crippen molar-refractivity contribution in [2.45, 2.75) is 31.2 Å². The molecule has 1 aliphatic carbocycles. The molecule has 0 aromatic heterocycles. The summed E-state index contributed by atoms with van der Waals surface area (Å²) in [5, 5.41) is 3.22. The lowest BCUT2D eigenvalue weighted by Crippen LogP contribution is -2.36. The van der Waals surface area contributed by atoms with Gasteiger partial charge in [-0.3, -0.25) is 0 Å². The van der Waals surface area contributed by atoms with Crippen molar-refractivity contribution in [1.82, 2.24) is 5.32 Å². The maximum Gasteiger partial charge on any atom is 0.419 e. The van der Waals surface area contributed by atoms with Gasteiger partial charge in [0.25, 0.3) is 0 Å². The number of halogens is 4. The van der Waals surface area contributed by atoms with Gasteiger partial charge in [0.05, 0.1) is 12.2 Å². The van der Waals surface area contributed by atoms with Crippen LogP contribution in [0.2, 0.25) is 0 Å². The zero-order valence-corrected chi connectivity index (χ0v) is 11.5. The molecule has 3 nitrogen and oxygen atoms in total. The Morgan fingerprint density at radius 1 is 1.33 bits per heavy atom. The number of methoxy groups -OCH3 is 1. The fourth-order valence-electron chi connectivity index (χ4n) is 1.89. The van der Waals surface area contributed by atoms with Crippen LogP contribution in [0, 0.1) is 5.82 Å². The van der Waals surface area contributed by atoms with Gasteiger partial charge in [-0.15, -0.1) is 0 Å². The Morgan fingerprint density at radius 3 is 2.62 bits per heavy atom. The van der Waals surface area contributed by atoms with Crippen molar-refractivity contribution < 1.29 is 27.0 Å². The van der Waals surface area contributed by atoms with Crippen molar-refractivity contribution in [2.24, 2.45) is 0 Å². The van der Waals surface area contributed by atoms with E-state index in [2.05, 4.69) is 5.32 Å². The summed E-state index contributed by atoms with van der Waals surface area (Å²) >= 11 is 0. The van der Waals surface area contributed by atoms with Gasteiger partial charge < -0.3 is 14.8 Å². The van der Waals surface area contributed by atoms with Crippen LogP contribution < -0.4 is 10.1 Å². The maximum atomic E-state index is 13.2. The maximum absolute atomic E-state index is 13.2. The van der Waals surface area contributed by atoms with Crippen molar-refractivity contribution >= 4 is 0 Å². The highest BCUT2D eigenvalue weighted by Gasteiger charge is 2.34. The molecule has 0 amide bonds. The molecule has 1 atom stereocenters. The van der Waals surface area contributed by atoms with Crippen LogP contribution >= 0.6 is 0 Å². The molecule has 21 heavy (non-hydrogen) atoms. The largest absolute Gasteiger partial charge is 0.487 e. The number of hydrogen-bond acceptors (Lipinski definition) is 3. The van der Waals surface area contributed by atoms with E-state index in [0.29, 0.717) is 18.7 Å². The van der Waals surface area contributed by atoms with E-state index in [1.54, 1.807) is 0 Å². The van der Waals surface area contributed by atoms with Gasteiger partial charge in [0.1, 0.15) is 17.7 Å².